The molecule has 1 aliphatic heterocycles. The second kappa shape index (κ2) is 6.02. The summed E-state index contributed by atoms with van der Waals surface area (Å²) in [6.45, 7) is 1.75. The summed E-state index contributed by atoms with van der Waals surface area (Å²) < 4.78 is 1.42. The van der Waals surface area contributed by atoms with Gasteiger partial charge in [0.15, 0.2) is 0 Å². The Morgan fingerprint density at radius 1 is 1.47 bits per heavy atom. The molecule has 2 heterocycles. The van der Waals surface area contributed by atoms with Crippen LogP contribution in [0, 0.1) is 0 Å². The number of hydrogen-bond donors (Lipinski definition) is 1. The van der Waals surface area contributed by atoms with Crippen LogP contribution >= 0.6 is 0 Å². The molecule has 1 aliphatic rings. The van der Waals surface area contributed by atoms with Crippen molar-refractivity contribution in [2.75, 3.05) is 20.1 Å². The Morgan fingerprint density at radius 3 is 2.95 bits per heavy atom. The monoisotopic (exact) mass is 263 g/mol. The molecule has 2 rings (SSSR count). The van der Waals surface area contributed by atoms with E-state index in [1.165, 1.54) is 17.4 Å². The van der Waals surface area contributed by atoms with Crippen LogP contribution < -0.4 is 10.9 Å². The SMILES string of the molecule is CN1CCCC1CCNC(=O)c1cccn(C)c1=O. The van der Waals surface area contributed by atoms with Crippen LogP contribution in [0.1, 0.15) is 29.6 Å². The number of aryl methyl sites for hydroxylation is 1. The fourth-order valence-corrected chi connectivity index (χ4v) is 2.56. The maximum Gasteiger partial charge on any atom is 0.263 e. The van der Waals surface area contributed by atoms with Crippen molar-refractivity contribution in [2.45, 2.75) is 25.3 Å². The number of rotatable bonds is 4. The lowest BCUT2D eigenvalue weighted by Gasteiger charge is -2.19. The van der Waals surface area contributed by atoms with Crippen molar-refractivity contribution in [1.82, 2.24) is 14.8 Å². The smallest absolute Gasteiger partial charge is 0.263 e. The number of likely N-dealkylation sites (tertiary alicyclic amines) is 1. The molecule has 5 nitrogen and oxygen atoms in total. The van der Waals surface area contributed by atoms with E-state index in [0.29, 0.717) is 12.6 Å². The quantitative estimate of drug-likeness (QED) is 0.865. The van der Waals surface area contributed by atoms with E-state index in [1.807, 2.05) is 0 Å². The summed E-state index contributed by atoms with van der Waals surface area (Å²) in [5.74, 6) is -0.276. The van der Waals surface area contributed by atoms with Gasteiger partial charge in [0.05, 0.1) is 0 Å². The third-order valence-corrected chi connectivity index (χ3v) is 3.80. The predicted octanol–water partition coefficient (Wildman–Crippen LogP) is 0.599. The lowest BCUT2D eigenvalue weighted by molar-refractivity contribution is 0.0948. The molecule has 1 amide bonds. The van der Waals surface area contributed by atoms with Gasteiger partial charge in [0.2, 0.25) is 0 Å². The van der Waals surface area contributed by atoms with Crippen molar-refractivity contribution in [3.63, 3.8) is 0 Å². The Labute approximate surface area is 113 Å². The highest BCUT2D eigenvalue weighted by molar-refractivity contribution is 5.93. The highest BCUT2D eigenvalue weighted by Gasteiger charge is 2.20. The molecule has 104 valence electrons. The second-order valence-corrected chi connectivity index (χ2v) is 5.16. The molecule has 0 bridgehead atoms. The molecule has 0 radical (unpaired) electrons. The second-order valence-electron chi connectivity index (χ2n) is 5.16. The van der Waals surface area contributed by atoms with Crippen LogP contribution in [0.2, 0.25) is 0 Å². The fraction of sp³-hybridized carbons (Fsp3) is 0.571. The summed E-state index contributed by atoms with van der Waals surface area (Å²) in [5.41, 5.74) is -0.0391. The molecule has 0 saturated carbocycles. The van der Waals surface area contributed by atoms with Crippen LogP contribution in [0.15, 0.2) is 23.1 Å². The molecule has 1 fully saturated rings. The van der Waals surface area contributed by atoms with Gasteiger partial charge in [0.25, 0.3) is 11.5 Å². The summed E-state index contributed by atoms with van der Waals surface area (Å²) in [5, 5.41) is 2.84. The van der Waals surface area contributed by atoms with Crippen LogP contribution in [0.4, 0.5) is 0 Å². The van der Waals surface area contributed by atoms with Crippen LogP contribution in [0.25, 0.3) is 0 Å². The van der Waals surface area contributed by atoms with Gasteiger partial charge in [-0.3, -0.25) is 9.59 Å². The number of amides is 1. The summed E-state index contributed by atoms with van der Waals surface area (Å²) >= 11 is 0. The number of carbonyl (C=O) groups excluding carboxylic acids is 1. The lowest BCUT2D eigenvalue weighted by Crippen LogP contribution is -2.35. The Kier molecular flexibility index (Phi) is 4.37. The van der Waals surface area contributed by atoms with Crippen LogP contribution in [-0.2, 0) is 7.05 Å². The molecule has 1 N–H and O–H groups in total. The Balaban J connectivity index is 1.88. The number of carbonyl (C=O) groups is 1. The molecule has 1 aromatic heterocycles. The zero-order valence-corrected chi connectivity index (χ0v) is 11.6. The van der Waals surface area contributed by atoms with Crippen LogP contribution in [-0.4, -0.2) is 41.6 Å². The van der Waals surface area contributed by atoms with Gasteiger partial charge in [-0.2, -0.15) is 0 Å². The highest BCUT2D eigenvalue weighted by Crippen LogP contribution is 2.16. The third-order valence-electron chi connectivity index (χ3n) is 3.80. The first-order chi connectivity index (χ1) is 9.09. The van der Waals surface area contributed by atoms with E-state index < -0.39 is 0 Å². The van der Waals surface area contributed by atoms with Gasteiger partial charge in [0.1, 0.15) is 5.56 Å². The minimum atomic E-state index is -0.276. The molecule has 1 aromatic rings. The van der Waals surface area contributed by atoms with Gasteiger partial charge in [-0.1, -0.05) is 0 Å². The van der Waals surface area contributed by atoms with E-state index in [9.17, 15) is 9.59 Å². The molecule has 0 spiro atoms. The summed E-state index contributed by atoms with van der Waals surface area (Å²) in [6.07, 6.45) is 5.01. The van der Waals surface area contributed by atoms with E-state index in [1.54, 1.807) is 25.4 Å². The minimum Gasteiger partial charge on any atom is -0.352 e. The topological polar surface area (TPSA) is 54.3 Å². The fourth-order valence-electron chi connectivity index (χ4n) is 2.56. The van der Waals surface area contributed by atoms with E-state index in [-0.39, 0.29) is 17.0 Å². The Hall–Kier alpha value is -1.62. The average molecular weight is 263 g/mol. The maximum atomic E-state index is 11.9. The molecule has 0 aromatic carbocycles. The maximum absolute atomic E-state index is 11.9. The van der Waals surface area contributed by atoms with Gasteiger partial charge < -0.3 is 14.8 Å². The minimum absolute atomic E-state index is 0.213. The molecular weight excluding hydrogens is 242 g/mol. The average Bonchev–Trinajstić information content (AvgIpc) is 2.78. The Morgan fingerprint density at radius 2 is 2.26 bits per heavy atom. The van der Waals surface area contributed by atoms with Crippen molar-refractivity contribution in [3.05, 3.63) is 34.2 Å². The van der Waals surface area contributed by atoms with E-state index in [4.69, 9.17) is 0 Å². The van der Waals surface area contributed by atoms with Crippen LogP contribution in [0.3, 0.4) is 0 Å². The summed E-state index contributed by atoms with van der Waals surface area (Å²) in [4.78, 5) is 26.0. The Bertz CT molecular complexity index is 510. The normalized spacial score (nSPS) is 19.6. The van der Waals surface area contributed by atoms with E-state index in [2.05, 4.69) is 17.3 Å². The van der Waals surface area contributed by atoms with Crippen molar-refractivity contribution in [3.8, 4) is 0 Å². The number of nitrogens with one attached hydrogen (secondary N) is 1. The van der Waals surface area contributed by atoms with E-state index >= 15 is 0 Å². The van der Waals surface area contributed by atoms with Gasteiger partial charge in [-0.25, -0.2) is 0 Å². The van der Waals surface area contributed by atoms with Crippen LogP contribution in [0.5, 0.6) is 0 Å². The van der Waals surface area contributed by atoms with Gasteiger partial charge in [-0.05, 0) is 45.0 Å². The number of hydrogen-bond acceptors (Lipinski definition) is 3. The first kappa shape index (κ1) is 13.8. The summed E-state index contributed by atoms with van der Waals surface area (Å²) in [7, 11) is 3.76. The molecule has 19 heavy (non-hydrogen) atoms. The predicted molar refractivity (Wildman–Crippen MR) is 74.3 cm³/mol. The molecular formula is C14H21N3O2. The molecule has 1 saturated heterocycles. The number of nitrogens with zero attached hydrogens (tertiary/aromatic N) is 2. The molecule has 5 heteroatoms. The number of pyridine rings is 1. The molecule has 1 atom stereocenters. The highest BCUT2D eigenvalue weighted by atomic mass is 16.2. The molecule has 0 aliphatic carbocycles. The molecule has 1 unspecified atom stereocenters. The summed E-state index contributed by atoms with van der Waals surface area (Å²) in [6, 6.07) is 3.83. The van der Waals surface area contributed by atoms with Gasteiger partial charge in [0, 0.05) is 25.8 Å². The van der Waals surface area contributed by atoms with Crippen molar-refractivity contribution in [1.29, 1.82) is 0 Å². The third kappa shape index (κ3) is 3.23. The zero-order valence-electron chi connectivity index (χ0n) is 11.6. The largest absolute Gasteiger partial charge is 0.352 e. The standard InChI is InChI=1S/C14H21N3O2/c1-16-9-3-5-11(16)7-8-15-13(18)12-6-4-10-17(2)14(12)19/h4,6,10-11H,3,5,7-9H2,1-2H3,(H,15,18). The first-order valence-corrected chi connectivity index (χ1v) is 6.73. The lowest BCUT2D eigenvalue weighted by atomic mass is 10.1. The van der Waals surface area contributed by atoms with Gasteiger partial charge >= 0.3 is 0 Å². The number of aromatic nitrogens is 1. The van der Waals surface area contributed by atoms with Crippen molar-refractivity contribution >= 4 is 5.91 Å². The van der Waals surface area contributed by atoms with Crippen molar-refractivity contribution in [2.24, 2.45) is 7.05 Å². The first-order valence-electron chi connectivity index (χ1n) is 6.73. The van der Waals surface area contributed by atoms with E-state index in [0.717, 1.165) is 13.0 Å². The zero-order chi connectivity index (χ0) is 13.8. The van der Waals surface area contributed by atoms with Gasteiger partial charge in [-0.15, -0.1) is 0 Å². The van der Waals surface area contributed by atoms with Crippen molar-refractivity contribution < 1.29 is 4.79 Å².